The first-order valence-electron chi connectivity index (χ1n) is 19.7. The van der Waals surface area contributed by atoms with E-state index >= 15 is 4.79 Å². The smallest absolute Gasteiger partial charge is 0.343 e. The lowest BCUT2D eigenvalue weighted by molar-refractivity contribution is -0.172. The molecule has 9 nitrogen and oxygen atoms in total. The average Bonchev–Trinajstić information content (AvgIpc) is 3.96. The van der Waals surface area contributed by atoms with Crippen molar-refractivity contribution in [2.24, 2.45) is 5.92 Å². The van der Waals surface area contributed by atoms with Crippen molar-refractivity contribution in [2.75, 3.05) is 0 Å². The summed E-state index contributed by atoms with van der Waals surface area (Å²) in [4.78, 5) is 47.2. The molecule has 56 heavy (non-hydrogen) atoms. The van der Waals surface area contributed by atoms with Gasteiger partial charge in [0.2, 0.25) is 5.91 Å². The monoisotopic (exact) mass is 787 g/mol. The molecular formula is C45H46ClN3O6Si. The Morgan fingerprint density at radius 3 is 2.30 bits per heavy atom. The lowest BCUT2D eigenvalue weighted by atomic mass is 9.81. The minimum Gasteiger partial charge on any atom is -0.458 e. The van der Waals surface area contributed by atoms with Crippen molar-refractivity contribution >= 4 is 53.1 Å². The number of fused-ring (bicyclic) bond motifs is 5. The summed E-state index contributed by atoms with van der Waals surface area (Å²) in [5.74, 6) is -0.810. The van der Waals surface area contributed by atoms with Crippen molar-refractivity contribution in [3.63, 3.8) is 0 Å². The first-order valence-corrected chi connectivity index (χ1v) is 22.0. The third kappa shape index (κ3) is 5.47. The summed E-state index contributed by atoms with van der Waals surface area (Å²) in [7, 11) is -3.06. The van der Waals surface area contributed by atoms with Crippen LogP contribution in [0.5, 0.6) is 0 Å². The first kappa shape index (κ1) is 37.0. The molecule has 0 bridgehead atoms. The molecule has 1 unspecified atom stereocenters. The second-order valence-electron chi connectivity index (χ2n) is 17.0. The van der Waals surface area contributed by atoms with Gasteiger partial charge in [-0.25, -0.2) is 9.78 Å². The number of benzene rings is 3. The fourth-order valence-corrected chi connectivity index (χ4v) is 14.5. The first-order chi connectivity index (χ1) is 26.8. The molecule has 0 radical (unpaired) electrons. The zero-order valence-corrected chi connectivity index (χ0v) is 34.1. The molecule has 2 aliphatic heterocycles. The Bertz CT molecular complexity index is 2470. The molecule has 4 aliphatic rings. The van der Waals surface area contributed by atoms with Gasteiger partial charge in [-0.05, 0) is 89.2 Å². The number of carbonyl (C=O) groups excluding carboxylic acids is 2. The molecule has 0 spiro atoms. The number of rotatable bonds is 8. The molecule has 5 aromatic rings. The summed E-state index contributed by atoms with van der Waals surface area (Å²) in [6, 6.07) is 24.0. The average molecular weight is 788 g/mol. The number of esters is 1. The highest BCUT2D eigenvalue weighted by molar-refractivity contribution is 6.99. The Hall–Kier alpha value is -4.61. The SMILES string of the molecule is CC[C@@]1(O)C(=O)OCc2c1cc1n(c2=O)Cc2c-1nc1cc(Cl)c(C)c3c1c2[C@@H](NC(=O)C(O[Si](c1ccccc1)(c1ccccc1)C(C)(C)C)C1CC1)CC3. The molecule has 2 aliphatic carbocycles. The number of hydrogen-bond donors (Lipinski definition) is 2. The van der Waals surface area contributed by atoms with E-state index in [2.05, 4.69) is 74.6 Å². The maximum atomic E-state index is 15.0. The van der Waals surface area contributed by atoms with E-state index in [9.17, 15) is 14.7 Å². The van der Waals surface area contributed by atoms with Gasteiger partial charge in [0.05, 0.1) is 35.1 Å². The fraction of sp³-hybridized carbons (Fsp3) is 0.378. The van der Waals surface area contributed by atoms with Crippen LogP contribution in [0.3, 0.4) is 0 Å². The van der Waals surface area contributed by atoms with Crippen LogP contribution < -0.4 is 21.2 Å². The van der Waals surface area contributed by atoms with E-state index in [0.29, 0.717) is 34.8 Å². The second kappa shape index (κ2) is 13.2. The van der Waals surface area contributed by atoms with Crippen molar-refractivity contribution < 1.29 is 23.9 Å². The molecule has 2 aromatic heterocycles. The molecule has 0 saturated heterocycles. The normalized spacial score (nSPS) is 20.6. The number of amides is 1. The van der Waals surface area contributed by atoms with Crippen LogP contribution in [-0.4, -0.2) is 41.0 Å². The molecular weight excluding hydrogens is 742 g/mol. The molecule has 11 heteroatoms. The standard InChI is InChI=1S/C45H46ClN3O6Si/c1-6-45(53)32-21-36-39-30(23-49(36)42(51)31(32)24-54-43(45)52)38-34(20-19-29-25(2)33(46)22-35(47-39)37(29)38)48-41(50)40(26-17-18-26)55-56(44(3,4)5,27-13-9-7-10-14-27)28-15-11-8-12-16-28/h7-16,21-22,26,34,40,53H,6,17-20,23-24H2,1-5H3,(H,48,50)/t34-,40?,45-/m0/s1. The quantitative estimate of drug-likeness (QED) is 0.134. The molecule has 3 atom stereocenters. The number of ether oxygens (including phenoxy) is 1. The van der Waals surface area contributed by atoms with Crippen LogP contribution in [0.4, 0.5) is 0 Å². The maximum Gasteiger partial charge on any atom is 0.343 e. The number of halogens is 1. The number of nitrogens with one attached hydrogen (secondary N) is 1. The Kier molecular flexibility index (Phi) is 8.74. The Balaban J connectivity index is 1.17. The van der Waals surface area contributed by atoms with Gasteiger partial charge in [0, 0.05) is 21.5 Å². The van der Waals surface area contributed by atoms with Crippen LogP contribution in [0.2, 0.25) is 10.1 Å². The van der Waals surface area contributed by atoms with Crippen molar-refractivity contribution in [1.29, 1.82) is 0 Å². The highest BCUT2D eigenvalue weighted by atomic mass is 35.5. The molecule has 288 valence electrons. The van der Waals surface area contributed by atoms with Crippen LogP contribution in [0.15, 0.2) is 77.6 Å². The predicted molar refractivity (Wildman–Crippen MR) is 219 cm³/mol. The molecule has 4 heterocycles. The minimum absolute atomic E-state index is 0.0511. The Labute approximate surface area is 332 Å². The summed E-state index contributed by atoms with van der Waals surface area (Å²) in [6.45, 7) is 10.4. The van der Waals surface area contributed by atoms with Gasteiger partial charge in [-0.3, -0.25) is 9.59 Å². The summed E-state index contributed by atoms with van der Waals surface area (Å²) in [6.07, 6.45) is 2.52. The summed E-state index contributed by atoms with van der Waals surface area (Å²) >= 11 is 6.83. The number of aliphatic hydroxyl groups is 1. The zero-order chi connectivity index (χ0) is 39.3. The van der Waals surface area contributed by atoms with Crippen LogP contribution in [0, 0.1) is 12.8 Å². The summed E-state index contributed by atoms with van der Waals surface area (Å²) < 4.78 is 14.5. The predicted octanol–water partition coefficient (Wildman–Crippen LogP) is 6.50. The molecule has 1 amide bonds. The van der Waals surface area contributed by atoms with Gasteiger partial charge < -0.3 is 24.2 Å². The van der Waals surface area contributed by atoms with Gasteiger partial charge in [-0.15, -0.1) is 0 Å². The van der Waals surface area contributed by atoms with E-state index in [0.717, 1.165) is 50.9 Å². The number of cyclic esters (lactones) is 1. The number of aryl methyl sites for hydroxylation is 1. The van der Waals surface area contributed by atoms with Gasteiger partial charge in [-0.1, -0.05) is 100.0 Å². The fourth-order valence-electron chi connectivity index (χ4n) is 9.60. The van der Waals surface area contributed by atoms with E-state index in [-0.39, 0.29) is 53.1 Å². The number of hydrogen-bond acceptors (Lipinski definition) is 7. The molecule has 1 fully saturated rings. The van der Waals surface area contributed by atoms with E-state index in [1.165, 1.54) is 0 Å². The third-order valence-corrected chi connectivity index (χ3v) is 18.1. The van der Waals surface area contributed by atoms with E-state index in [1.54, 1.807) is 17.6 Å². The van der Waals surface area contributed by atoms with Crippen molar-refractivity contribution in [2.45, 2.75) is 103 Å². The minimum atomic E-state index is -3.06. The molecule has 1 saturated carbocycles. The van der Waals surface area contributed by atoms with Crippen molar-refractivity contribution in [1.82, 2.24) is 14.9 Å². The lowest BCUT2D eigenvalue weighted by Gasteiger charge is -2.45. The molecule has 3 aromatic carbocycles. The third-order valence-electron chi connectivity index (χ3n) is 12.7. The summed E-state index contributed by atoms with van der Waals surface area (Å²) in [5.41, 5.74) is 3.87. The van der Waals surface area contributed by atoms with Gasteiger partial charge in [0.15, 0.2) is 5.60 Å². The molecule has 2 N–H and O–H groups in total. The maximum absolute atomic E-state index is 15.0. The van der Waals surface area contributed by atoms with E-state index < -0.39 is 32.0 Å². The second-order valence-corrected chi connectivity index (χ2v) is 21.6. The number of pyridine rings is 2. The Morgan fingerprint density at radius 1 is 1.04 bits per heavy atom. The van der Waals surface area contributed by atoms with E-state index in [1.807, 2.05) is 25.1 Å². The van der Waals surface area contributed by atoms with E-state index in [4.69, 9.17) is 25.7 Å². The number of aromatic nitrogens is 2. The topological polar surface area (TPSA) is 120 Å². The molecule has 9 rings (SSSR count). The van der Waals surface area contributed by atoms with Crippen LogP contribution >= 0.6 is 11.6 Å². The number of nitrogens with zero attached hydrogens (tertiary/aromatic N) is 2. The highest BCUT2D eigenvalue weighted by Gasteiger charge is 2.55. The van der Waals surface area contributed by atoms with Gasteiger partial charge in [-0.2, -0.15) is 0 Å². The van der Waals surface area contributed by atoms with Gasteiger partial charge in [0.1, 0.15) is 12.7 Å². The van der Waals surface area contributed by atoms with Crippen LogP contribution in [0.25, 0.3) is 22.3 Å². The van der Waals surface area contributed by atoms with Gasteiger partial charge in [0.25, 0.3) is 13.9 Å². The van der Waals surface area contributed by atoms with Crippen LogP contribution in [0.1, 0.15) is 92.8 Å². The van der Waals surface area contributed by atoms with Crippen molar-refractivity contribution in [3.05, 3.63) is 122 Å². The lowest BCUT2D eigenvalue weighted by Crippen LogP contribution is -2.69. The largest absolute Gasteiger partial charge is 0.458 e. The van der Waals surface area contributed by atoms with Crippen molar-refractivity contribution in [3.8, 4) is 11.4 Å². The van der Waals surface area contributed by atoms with Gasteiger partial charge >= 0.3 is 5.97 Å². The Morgan fingerprint density at radius 2 is 1.70 bits per heavy atom. The van der Waals surface area contributed by atoms with Crippen LogP contribution in [-0.2, 0) is 43.9 Å². The number of carbonyl (C=O) groups is 2. The zero-order valence-electron chi connectivity index (χ0n) is 32.4. The summed E-state index contributed by atoms with van der Waals surface area (Å²) in [5, 5.41) is 18.5. The highest BCUT2D eigenvalue weighted by Crippen LogP contribution is 2.48.